The molecule has 1 saturated heterocycles. The van der Waals surface area contributed by atoms with Crippen LogP contribution >= 0.6 is 15.9 Å². The van der Waals surface area contributed by atoms with E-state index in [1.54, 1.807) is 6.07 Å². The summed E-state index contributed by atoms with van der Waals surface area (Å²) in [7, 11) is 0. The van der Waals surface area contributed by atoms with Crippen LogP contribution in [0.3, 0.4) is 0 Å². The number of benzene rings is 1. The predicted molar refractivity (Wildman–Crippen MR) is 71.1 cm³/mol. The van der Waals surface area contributed by atoms with Gasteiger partial charge in [0.05, 0.1) is 0 Å². The summed E-state index contributed by atoms with van der Waals surface area (Å²) in [5, 5.41) is 0. The van der Waals surface area contributed by atoms with E-state index in [-0.39, 0.29) is 11.9 Å². The van der Waals surface area contributed by atoms with Crippen LogP contribution in [0.2, 0.25) is 0 Å². The highest BCUT2D eigenvalue weighted by Gasteiger charge is 2.25. The molecule has 2 atom stereocenters. The van der Waals surface area contributed by atoms with Gasteiger partial charge in [-0.2, -0.15) is 0 Å². The Morgan fingerprint density at radius 1 is 1.59 bits per heavy atom. The minimum absolute atomic E-state index is 0.127. The molecule has 1 aromatic rings. The lowest BCUT2D eigenvalue weighted by Gasteiger charge is -2.18. The van der Waals surface area contributed by atoms with Gasteiger partial charge in [0.15, 0.2) is 0 Å². The zero-order valence-corrected chi connectivity index (χ0v) is 11.6. The summed E-state index contributed by atoms with van der Waals surface area (Å²) >= 11 is 3.38. The van der Waals surface area contributed by atoms with E-state index in [1.807, 2.05) is 13.0 Å². The molecule has 0 spiro atoms. The fourth-order valence-electron chi connectivity index (χ4n) is 2.34. The molecule has 1 aromatic carbocycles. The molecule has 2 unspecified atom stereocenters. The Bertz CT molecular complexity index is 395. The van der Waals surface area contributed by atoms with Gasteiger partial charge in [0.2, 0.25) is 0 Å². The van der Waals surface area contributed by atoms with Gasteiger partial charge in [-0.1, -0.05) is 15.9 Å². The van der Waals surface area contributed by atoms with Crippen molar-refractivity contribution in [1.29, 1.82) is 0 Å². The second-order valence-corrected chi connectivity index (χ2v) is 5.79. The average Bonchev–Trinajstić information content (AvgIpc) is 2.72. The number of halogens is 2. The molecule has 2 nitrogen and oxygen atoms in total. The molecule has 1 aliphatic heterocycles. The van der Waals surface area contributed by atoms with Crippen LogP contribution in [0.5, 0.6) is 0 Å². The first-order chi connectivity index (χ1) is 8.06. The first-order valence-electron chi connectivity index (χ1n) is 5.98. The summed E-state index contributed by atoms with van der Waals surface area (Å²) in [5.41, 5.74) is 6.65. The molecule has 17 heavy (non-hydrogen) atoms. The molecule has 0 radical (unpaired) electrons. The maximum absolute atomic E-state index is 13.6. The van der Waals surface area contributed by atoms with Gasteiger partial charge in [-0.3, -0.25) is 4.90 Å². The fourth-order valence-corrected chi connectivity index (χ4v) is 2.75. The highest BCUT2D eigenvalue weighted by molar-refractivity contribution is 9.10. The second-order valence-electron chi connectivity index (χ2n) is 4.88. The van der Waals surface area contributed by atoms with Crippen molar-refractivity contribution in [2.75, 3.05) is 13.1 Å². The molecule has 0 aliphatic carbocycles. The largest absolute Gasteiger partial charge is 0.328 e. The molecule has 1 heterocycles. The molecular formula is C13H18BrFN2. The Morgan fingerprint density at radius 3 is 3.00 bits per heavy atom. The lowest BCUT2D eigenvalue weighted by Crippen LogP contribution is -2.29. The summed E-state index contributed by atoms with van der Waals surface area (Å²) in [6.07, 6.45) is 1.12. The zero-order chi connectivity index (χ0) is 12.4. The Balaban J connectivity index is 2.00. The molecule has 2 N–H and O–H groups in total. The lowest BCUT2D eigenvalue weighted by molar-refractivity contribution is 0.304. The van der Waals surface area contributed by atoms with Crippen molar-refractivity contribution in [2.45, 2.75) is 25.9 Å². The van der Waals surface area contributed by atoms with Gasteiger partial charge in [-0.25, -0.2) is 4.39 Å². The zero-order valence-electron chi connectivity index (χ0n) is 10.00. The number of hydrogen-bond donors (Lipinski definition) is 1. The van der Waals surface area contributed by atoms with E-state index in [1.165, 1.54) is 6.07 Å². The first-order valence-corrected chi connectivity index (χ1v) is 6.77. The van der Waals surface area contributed by atoms with Gasteiger partial charge in [0.25, 0.3) is 0 Å². The van der Waals surface area contributed by atoms with Gasteiger partial charge in [-0.05, 0) is 44.0 Å². The van der Waals surface area contributed by atoms with Crippen LogP contribution in [0, 0.1) is 11.7 Å². The van der Waals surface area contributed by atoms with E-state index < -0.39 is 0 Å². The predicted octanol–water partition coefficient (Wildman–Crippen LogP) is 2.76. The van der Waals surface area contributed by atoms with Gasteiger partial charge in [0, 0.05) is 29.2 Å². The third-order valence-electron chi connectivity index (χ3n) is 3.45. The summed E-state index contributed by atoms with van der Waals surface area (Å²) in [4.78, 5) is 2.28. The molecule has 94 valence electrons. The number of hydrogen-bond acceptors (Lipinski definition) is 2. The molecule has 0 amide bonds. The van der Waals surface area contributed by atoms with E-state index in [2.05, 4.69) is 20.8 Å². The van der Waals surface area contributed by atoms with Gasteiger partial charge >= 0.3 is 0 Å². The topological polar surface area (TPSA) is 29.3 Å². The molecule has 1 aliphatic rings. The minimum Gasteiger partial charge on any atom is -0.328 e. The normalized spacial score (nSPS) is 22.9. The summed E-state index contributed by atoms with van der Waals surface area (Å²) in [5.74, 6) is 0.419. The number of rotatable bonds is 3. The van der Waals surface area contributed by atoms with Crippen molar-refractivity contribution in [1.82, 2.24) is 4.90 Å². The van der Waals surface area contributed by atoms with Crippen molar-refractivity contribution >= 4 is 15.9 Å². The third-order valence-corrected chi connectivity index (χ3v) is 3.95. The molecule has 0 saturated carbocycles. The van der Waals surface area contributed by atoms with Crippen LogP contribution < -0.4 is 5.73 Å². The SMILES string of the molecule is CC(N)C1CCN(Cc2cc(Br)ccc2F)C1. The van der Waals surface area contributed by atoms with E-state index in [4.69, 9.17) is 5.73 Å². The van der Waals surface area contributed by atoms with Crippen LogP contribution in [0.25, 0.3) is 0 Å². The average molecular weight is 301 g/mol. The highest BCUT2D eigenvalue weighted by atomic mass is 79.9. The van der Waals surface area contributed by atoms with E-state index in [0.29, 0.717) is 12.5 Å². The van der Waals surface area contributed by atoms with Gasteiger partial charge in [-0.15, -0.1) is 0 Å². The highest BCUT2D eigenvalue weighted by Crippen LogP contribution is 2.23. The van der Waals surface area contributed by atoms with Crippen LogP contribution in [0.1, 0.15) is 18.9 Å². The standard InChI is InChI=1S/C13H18BrFN2/c1-9(16)10-4-5-17(7-10)8-11-6-12(14)2-3-13(11)15/h2-3,6,9-10H,4-5,7-8,16H2,1H3. The Labute approximate surface area is 110 Å². The molecule has 4 heteroatoms. The van der Waals surface area contributed by atoms with E-state index >= 15 is 0 Å². The third kappa shape index (κ3) is 3.27. The van der Waals surface area contributed by atoms with Crippen molar-refractivity contribution < 1.29 is 4.39 Å². The quantitative estimate of drug-likeness (QED) is 0.930. The Kier molecular flexibility index (Phi) is 4.17. The number of nitrogens with zero attached hydrogens (tertiary/aromatic N) is 1. The second kappa shape index (κ2) is 5.46. The minimum atomic E-state index is -0.127. The van der Waals surface area contributed by atoms with Crippen LogP contribution in [-0.4, -0.2) is 24.0 Å². The molecule has 2 rings (SSSR count). The Hall–Kier alpha value is -0.450. The lowest BCUT2D eigenvalue weighted by atomic mass is 10.0. The van der Waals surface area contributed by atoms with Crippen LogP contribution in [0.15, 0.2) is 22.7 Å². The smallest absolute Gasteiger partial charge is 0.127 e. The molecule has 0 bridgehead atoms. The van der Waals surface area contributed by atoms with E-state index in [9.17, 15) is 4.39 Å². The van der Waals surface area contributed by atoms with Crippen LogP contribution in [-0.2, 0) is 6.54 Å². The number of nitrogens with two attached hydrogens (primary N) is 1. The number of likely N-dealkylation sites (tertiary alicyclic amines) is 1. The van der Waals surface area contributed by atoms with Gasteiger partial charge < -0.3 is 5.73 Å². The summed E-state index contributed by atoms with van der Waals surface area (Å²) in [6.45, 7) is 4.71. The summed E-state index contributed by atoms with van der Waals surface area (Å²) in [6, 6.07) is 5.33. The van der Waals surface area contributed by atoms with Gasteiger partial charge in [0.1, 0.15) is 5.82 Å². The molecule has 1 fully saturated rings. The maximum Gasteiger partial charge on any atom is 0.127 e. The van der Waals surface area contributed by atoms with Crippen molar-refractivity contribution in [3.8, 4) is 0 Å². The maximum atomic E-state index is 13.6. The van der Waals surface area contributed by atoms with Crippen molar-refractivity contribution in [3.05, 3.63) is 34.1 Å². The Morgan fingerprint density at radius 2 is 2.35 bits per heavy atom. The van der Waals surface area contributed by atoms with E-state index in [0.717, 1.165) is 29.5 Å². The van der Waals surface area contributed by atoms with Crippen molar-refractivity contribution in [2.24, 2.45) is 11.7 Å². The molecular weight excluding hydrogens is 283 g/mol. The van der Waals surface area contributed by atoms with Crippen molar-refractivity contribution in [3.63, 3.8) is 0 Å². The fraction of sp³-hybridized carbons (Fsp3) is 0.538. The monoisotopic (exact) mass is 300 g/mol. The molecule has 0 aromatic heterocycles. The van der Waals surface area contributed by atoms with Crippen LogP contribution in [0.4, 0.5) is 4.39 Å². The first kappa shape index (κ1) is 13.0. The summed E-state index contributed by atoms with van der Waals surface area (Å²) < 4.78 is 14.5.